The maximum atomic E-state index is 11.6. The van der Waals surface area contributed by atoms with E-state index in [1.54, 1.807) is 0 Å². The Balaban J connectivity index is 2.03. The molecule has 2 nitrogen and oxygen atoms in total. The second-order valence-electron chi connectivity index (χ2n) is 5.82. The number of fused-ring (bicyclic) bond motifs is 1. The lowest BCUT2D eigenvalue weighted by Gasteiger charge is -2.40. The molecule has 2 aliphatic carbocycles. The Bertz CT molecular complexity index is 297. The zero-order valence-electron chi connectivity index (χ0n) is 9.12. The van der Waals surface area contributed by atoms with Crippen molar-refractivity contribution in [3.05, 3.63) is 0 Å². The van der Waals surface area contributed by atoms with Crippen molar-refractivity contribution >= 4 is 5.97 Å². The van der Waals surface area contributed by atoms with E-state index in [9.17, 15) is 4.79 Å². The first-order chi connectivity index (χ1) is 6.55. The third-order valence-corrected chi connectivity index (χ3v) is 5.28. The predicted octanol–water partition coefficient (Wildman–Crippen LogP) is 2.23. The second-order valence-corrected chi connectivity index (χ2v) is 5.82. The maximum Gasteiger partial charge on any atom is 0.309 e. The molecule has 3 aliphatic rings. The van der Waals surface area contributed by atoms with Crippen LogP contribution in [0, 0.1) is 29.1 Å². The maximum absolute atomic E-state index is 11.6. The first-order valence-corrected chi connectivity index (χ1v) is 5.75. The van der Waals surface area contributed by atoms with Gasteiger partial charge in [-0.3, -0.25) is 4.79 Å². The fourth-order valence-electron chi connectivity index (χ4n) is 4.10. The summed E-state index contributed by atoms with van der Waals surface area (Å²) in [6, 6.07) is 0. The van der Waals surface area contributed by atoms with E-state index >= 15 is 0 Å². The summed E-state index contributed by atoms with van der Waals surface area (Å²) in [6.45, 7) is 6.85. The van der Waals surface area contributed by atoms with Gasteiger partial charge < -0.3 is 4.74 Å². The average Bonchev–Trinajstić information content (AvgIpc) is 2.69. The SMILES string of the molecule is CC(C)C1(C)C2CC3C(=O)OC1C3C2. The standard InChI is InChI=1S/C12H18O2/c1-6(2)12(3)7-4-8-9(5-7)11(13)14-10(8)12/h6-10H,4-5H2,1-3H3. The smallest absolute Gasteiger partial charge is 0.309 e. The van der Waals surface area contributed by atoms with Crippen LogP contribution in [-0.2, 0) is 9.53 Å². The molecule has 0 aromatic heterocycles. The van der Waals surface area contributed by atoms with Gasteiger partial charge in [0.2, 0.25) is 0 Å². The first-order valence-electron chi connectivity index (χ1n) is 5.75. The molecule has 1 heterocycles. The normalized spacial score (nSPS) is 54.4. The van der Waals surface area contributed by atoms with Gasteiger partial charge >= 0.3 is 5.97 Å². The summed E-state index contributed by atoms with van der Waals surface area (Å²) in [7, 11) is 0. The van der Waals surface area contributed by atoms with Gasteiger partial charge in [0.05, 0.1) is 5.92 Å². The van der Waals surface area contributed by atoms with Gasteiger partial charge in [-0.2, -0.15) is 0 Å². The minimum absolute atomic E-state index is 0.0897. The monoisotopic (exact) mass is 194 g/mol. The van der Waals surface area contributed by atoms with Gasteiger partial charge in [0, 0.05) is 11.3 Å². The molecule has 3 fully saturated rings. The molecule has 5 unspecified atom stereocenters. The molecule has 14 heavy (non-hydrogen) atoms. The van der Waals surface area contributed by atoms with Crippen LogP contribution in [0.15, 0.2) is 0 Å². The van der Waals surface area contributed by atoms with Crippen LogP contribution in [0.25, 0.3) is 0 Å². The van der Waals surface area contributed by atoms with Gasteiger partial charge in [0.1, 0.15) is 6.10 Å². The first kappa shape index (κ1) is 8.75. The fourth-order valence-corrected chi connectivity index (χ4v) is 4.10. The van der Waals surface area contributed by atoms with Crippen molar-refractivity contribution < 1.29 is 9.53 Å². The lowest BCUT2D eigenvalue weighted by molar-refractivity contribution is -0.147. The quantitative estimate of drug-likeness (QED) is 0.598. The van der Waals surface area contributed by atoms with Gasteiger partial charge in [-0.05, 0) is 24.7 Å². The highest BCUT2D eigenvalue weighted by Gasteiger charge is 2.67. The Morgan fingerprint density at radius 2 is 2.14 bits per heavy atom. The summed E-state index contributed by atoms with van der Waals surface area (Å²) < 4.78 is 5.58. The van der Waals surface area contributed by atoms with Crippen LogP contribution in [0.2, 0.25) is 0 Å². The molecule has 78 valence electrons. The third kappa shape index (κ3) is 0.731. The molecular weight excluding hydrogens is 176 g/mol. The molecule has 0 spiro atoms. The van der Waals surface area contributed by atoms with Crippen molar-refractivity contribution in [1.82, 2.24) is 0 Å². The summed E-state index contributed by atoms with van der Waals surface area (Å²) in [5, 5.41) is 0. The summed E-state index contributed by atoms with van der Waals surface area (Å²) in [4.78, 5) is 11.6. The van der Waals surface area contributed by atoms with Crippen LogP contribution in [0.4, 0.5) is 0 Å². The molecule has 0 N–H and O–H groups in total. The molecule has 2 heteroatoms. The van der Waals surface area contributed by atoms with Crippen LogP contribution >= 0.6 is 0 Å². The number of esters is 1. The van der Waals surface area contributed by atoms with Crippen molar-refractivity contribution in [2.45, 2.75) is 39.7 Å². The zero-order chi connectivity index (χ0) is 10.1. The van der Waals surface area contributed by atoms with E-state index in [4.69, 9.17) is 4.74 Å². The lowest BCUT2D eigenvalue weighted by Crippen LogP contribution is -2.41. The van der Waals surface area contributed by atoms with Gasteiger partial charge in [0.15, 0.2) is 0 Å². The van der Waals surface area contributed by atoms with Crippen molar-refractivity contribution in [1.29, 1.82) is 0 Å². The molecule has 0 radical (unpaired) electrons. The van der Waals surface area contributed by atoms with E-state index in [1.165, 1.54) is 6.42 Å². The van der Waals surface area contributed by atoms with E-state index < -0.39 is 0 Å². The Morgan fingerprint density at radius 1 is 1.43 bits per heavy atom. The summed E-state index contributed by atoms with van der Waals surface area (Å²) in [6.07, 6.45) is 2.56. The van der Waals surface area contributed by atoms with Gasteiger partial charge in [-0.1, -0.05) is 20.8 Å². The van der Waals surface area contributed by atoms with Crippen LogP contribution in [0.3, 0.4) is 0 Å². The summed E-state index contributed by atoms with van der Waals surface area (Å²) in [5.41, 5.74) is 0.257. The number of carbonyl (C=O) groups excluding carboxylic acids is 1. The molecule has 0 aromatic rings. The summed E-state index contributed by atoms with van der Waals surface area (Å²) in [5.74, 6) is 2.26. The largest absolute Gasteiger partial charge is 0.461 e. The summed E-state index contributed by atoms with van der Waals surface area (Å²) >= 11 is 0. The number of hydrogen-bond acceptors (Lipinski definition) is 2. The fraction of sp³-hybridized carbons (Fsp3) is 0.917. The van der Waals surface area contributed by atoms with Crippen LogP contribution in [0.1, 0.15) is 33.6 Å². The number of ether oxygens (including phenoxy) is 1. The molecule has 2 bridgehead atoms. The van der Waals surface area contributed by atoms with Crippen molar-refractivity contribution in [3.63, 3.8) is 0 Å². The second kappa shape index (κ2) is 2.34. The highest BCUT2D eigenvalue weighted by atomic mass is 16.6. The molecule has 2 saturated carbocycles. The molecule has 1 aliphatic heterocycles. The van der Waals surface area contributed by atoms with Crippen molar-refractivity contribution in [2.75, 3.05) is 0 Å². The number of hydrogen-bond donors (Lipinski definition) is 0. The van der Waals surface area contributed by atoms with E-state index in [2.05, 4.69) is 20.8 Å². The van der Waals surface area contributed by atoms with E-state index in [0.717, 1.165) is 12.3 Å². The highest BCUT2D eigenvalue weighted by Crippen LogP contribution is 2.65. The Morgan fingerprint density at radius 3 is 2.79 bits per heavy atom. The minimum atomic E-state index is 0.0897. The highest BCUT2D eigenvalue weighted by molar-refractivity contribution is 5.76. The number of rotatable bonds is 1. The molecule has 0 amide bonds. The Kier molecular flexibility index (Phi) is 1.46. The Hall–Kier alpha value is -0.530. The van der Waals surface area contributed by atoms with Gasteiger partial charge in [-0.25, -0.2) is 0 Å². The van der Waals surface area contributed by atoms with Crippen molar-refractivity contribution in [2.24, 2.45) is 29.1 Å². The van der Waals surface area contributed by atoms with Crippen LogP contribution in [0.5, 0.6) is 0 Å². The van der Waals surface area contributed by atoms with Crippen molar-refractivity contribution in [3.8, 4) is 0 Å². The third-order valence-electron chi connectivity index (χ3n) is 5.28. The van der Waals surface area contributed by atoms with E-state index in [0.29, 0.717) is 11.8 Å². The van der Waals surface area contributed by atoms with Gasteiger partial charge in [-0.15, -0.1) is 0 Å². The topological polar surface area (TPSA) is 26.3 Å². The van der Waals surface area contributed by atoms with E-state index in [1.807, 2.05) is 0 Å². The van der Waals surface area contributed by atoms with Crippen LogP contribution < -0.4 is 0 Å². The number of carbonyl (C=O) groups is 1. The molecule has 0 aromatic carbocycles. The molecule has 5 atom stereocenters. The van der Waals surface area contributed by atoms with E-state index in [-0.39, 0.29) is 23.4 Å². The predicted molar refractivity (Wildman–Crippen MR) is 52.5 cm³/mol. The molecular formula is C12H18O2. The molecule has 1 saturated heterocycles. The lowest BCUT2D eigenvalue weighted by atomic mass is 9.65. The Labute approximate surface area is 85.0 Å². The van der Waals surface area contributed by atoms with Crippen LogP contribution in [-0.4, -0.2) is 12.1 Å². The minimum Gasteiger partial charge on any atom is -0.461 e. The van der Waals surface area contributed by atoms with Gasteiger partial charge in [0.25, 0.3) is 0 Å². The zero-order valence-corrected chi connectivity index (χ0v) is 9.12. The average molecular weight is 194 g/mol. The molecule has 3 rings (SSSR count).